The lowest BCUT2D eigenvalue weighted by Gasteiger charge is -2.00. The van der Waals surface area contributed by atoms with Crippen molar-refractivity contribution in [3.8, 4) is 0 Å². The summed E-state index contributed by atoms with van der Waals surface area (Å²) in [6.45, 7) is 0. The van der Waals surface area contributed by atoms with Crippen LogP contribution in [0.4, 0.5) is 5.69 Å². The number of nitrogens with zero attached hydrogens (tertiary/aromatic N) is 1. The number of hydrogen-bond donors (Lipinski definition) is 1. The van der Waals surface area contributed by atoms with Crippen molar-refractivity contribution in [2.45, 2.75) is 0 Å². The Bertz CT molecular complexity index is 378. The second-order valence-electron chi connectivity index (χ2n) is 2.51. The van der Waals surface area contributed by atoms with Crippen molar-refractivity contribution < 1.29 is 9.53 Å². The van der Waals surface area contributed by atoms with E-state index in [0.29, 0.717) is 5.02 Å². The van der Waals surface area contributed by atoms with Gasteiger partial charge < -0.3 is 4.74 Å². The molecule has 0 amide bonds. The standard InChI is InChI=1S/C9H8BrClN2O2/c1-15-9(14)8(10)13-12-7-4-2-6(11)3-5-7/h2-5,12H,1H3/b13-8+. The molecule has 0 aromatic heterocycles. The van der Waals surface area contributed by atoms with E-state index in [1.807, 2.05) is 0 Å². The minimum Gasteiger partial charge on any atom is -0.464 e. The van der Waals surface area contributed by atoms with Gasteiger partial charge in [0.1, 0.15) is 0 Å². The van der Waals surface area contributed by atoms with Crippen molar-refractivity contribution >= 4 is 43.8 Å². The van der Waals surface area contributed by atoms with Crippen molar-refractivity contribution in [3.05, 3.63) is 29.3 Å². The van der Waals surface area contributed by atoms with E-state index in [9.17, 15) is 4.79 Å². The molecule has 0 spiro atoms. The summed E-state index contributed by atoms with van der Waals surface area (Å²) in [5, 5.41) is 4.40. The van der Waals surface area contributed by atoms with Crippen molar-refractivity contribution in [2.75, 3.05) is 12.5 Å². The van der Waals surface area contributed by atoms with Crippen LogP contribution in [0, 0.1) is 0 Å². The number of ether oxygens (including phenoxy) is 1. The molecule has 1 N–H and O–H groups in total. The molecule has 1 rings (SSSR count). The SMILES string of the molecule is COC(=O)/C(Br)=N\Nc1ccc(Cl)cc1. The maximum Gasteiger partial charge on any atom is 0.365 e. The molecule has 80 valence electrons. The van der Waals surface area contributed by atoms with Gasteiger partial charge in [0, 0.05) is 5.02 Å². The summed E-state index contributed by atoms with van der Waals surface area (Å²) in [6.07, 6.45) is 0. The van der Waals surface area contributed by atoms with E-state index in [1.54, 1.807) is 24.3 Å². The molecule has 0 bridgehead atoms. The van der Waals surface area contributed by atoms with E-state index in [1.165, 1.54) is 7.11 Å². The molecule has 0 unspecified atom stereocenters. The Morgan fingerprint density at radius 3 is 2.60 bits per heavy atom. The predicted molar refractivity (Wildman–Crippen MR) is 63.5 cm³/mol. The molecule has 0 saturated heterocycles. The first-order chi connectivity index (χ1) is 7.13. The zero-order chi connectivity index (χ0) is 11.3. The number of halogens is 2. The van der Waals surface area contributed by atoms with Crippen LogP contribution < -0.4 is 5.43 Å². The predicted octanol–water partition coefficient (Wildman–Crippen LogP) is 2.63. The van der Waals surface area contributed by atoms with Gasteiger partial charge in [0.25, 0.3) is 0 Å². The van der Waals surface area contributed by atoms with E-state index < -0.39 is 5.97 Å². The highest BCUT2D eigenvalue weighted by Crippen LogP contribution is 2.13. The Balaban J connectivity index is 2.63. The van der Waals surface area contributed by atoms with Gasteiger partial charge in [-0.3, -0.25) is 5.43 Å². The normalized spacial score (nSPS) is 11.0. The molecule has 0 fully saturated rings. The van der Waals surface area contributed by atoms with Gasteiger partial charge in [-0.05, 0) is 40.2 Å². The highest BCUT2D eigenvalue weighted by molar-refractivity contribution is 9.19. The van der Waals surface area contributed by atoms with Gasteiger partial charge in [0.2, 0.25) is 4.62 Å². The summed E-state index contributed by atoms with van der Waals surface area (Å²) in [4.78, 5) is 10.9. The van der Waals surface area contributed by atoms with E-state index in [0.717, 1.165) is 5.69 Å². The number of hydrogen-bond acceptors (Lipinski definition) is 4. The van der Waals surface area contributed by atoms with Crippen molar-refractivity contribution in [1.29, 1.82) is 0 Å². The number of carbonyl (C=O) groups is 1. The van der Waals surface area contributed by atoms with E-state index in [4.69, 9.17) is 11.6 Å². The number of esters is 1. The number of benzene rings is 1. The molecule has 1 aromatic carbocycles. The zero-order valence-electron chi connectivity index (χ0n) is 7.83. The summed E-state index contributed by atoms with van der Waals surface area (Å²) in [7, 11) is 1.28. The van der Waals surface area contributed by atoms with E-state index in [2.05, 4.69) is 31.2 Å². The van der Waals surface area contributed by atoms with Gasteiger partial charge in [0.05, 0.1) is 12.8 Å². The van der Waals surface area contributed by atoms with Crippen LogP contribution in [0.5, 0.6) is 0 Å². The molecule has 1 aromatic rings. The van der Waals surface area contributed by atoms with Crippen LogP contribution in [0.15, 0.2) is 29.4 Å². The van der Waals surface area contributed by atoms with Crippen LogP contribution in [0.1, 0.15) is 0 Å². The quantitative estimate of drug-likeness (QED) is 0.529. The molecule has 0 aliphatic carbocycles. The van der Waals surface area contributed by atoms with Crippen LogP contribution in [0.2, 0.25) is 5.02 Å². The Labute approximate surface area is 100 Å². The molecular weight excluding hydrogens is 283 g/mol. The average molecular weight is 292 g/mol. The summed E-state index contributed by atoms with van der Waals surface area (Å²) < 4.78 is 4.51. The van der Waals surface area contributed by atoms with E-state index >= 15 is 0 Å². The van der Waals surface area contributed by atoms with Gasteiger partial charge >= 0.3 is 5.97 Å². The van der Waals surface area contributed by atoms with Crippen molar-refractivity contribution in [1.82, 2.24) is 0 Å². The molecule has 0 radical (unpaired) electrons. The summed E-state index contributed by atoms with van der Waals surface area (Å²) >= 11 is 8.66. The smallest absolute Gasteiger partial charge is 0.365 e. The van der Waals surface area contributed by atoms with Crippen LogP contribution in [-0.2, 0) is 9.53 Å². The molecule has 6 heteroatoms. The lowest BCUT2D eigenvalue weighted by Crippen LogP contribution is -2.10. The Morgan fingerprint density at radius 1 is 1.47 bits per heavy atom. The van der Waals surface area contributed by atoms with Gasteiger partial charge in [-0.1, -0.05) is 11.6 Å². The monoisotopic (exact) mass is 290 g/mol. The average Bonchev–Trinajstić information content (AvgIpc) is 2.26. The largest absolute Gasteiger partial charge is 0.464 e. The van der Waals surface area contributed by atoms with Gasteiger partial charge in [-0.25, -0.2) is 4.79 Å². The van der Waals surface area contributed by atoms with Crippen LogP contribution in [-0.4, -0.2) is 17.7 Å². The van der Waals surface area contributed by atoms with Crippen LogP contribution in [0.3, 0.4) is 0 Å². The highest BCUT2D eigenvalue weighted by Gasteiger charge is 2.06. The minimum atomic E-state index is -0.545. The third-order valence-corrected chi connectivity index (χ3v) is 2.23. The molecule has 0 aliphatic rings. The van der Waals surface area contributed by atoms with Crippen LogP contribution >= 0.6 is 27.5 Å². The highest BCUT2D eigenvalue weighted by atomic mass is 79.9. The number of nitrogens with one attached hydrogen (secondary N) is 1. The number of rotatable bonds is 3. The number of hydrazone groups is 1. The molecule has 0 saturated carbocycles. The summed E-state index contributed by atoms with van der Waals surface area (Å²) in [5.41, 5.74) is 3.39. The molecule has 15 heavy (non-hydrogen) atoms. The Kier molecular flexibility index (Phi) is 4.58. The fraction of sp³-hybridized carbons (Fsp3) is 0.111. The second-order valence-corrected chi connectivity index (χ2v) is 3.70. The second kappa shape index (κ2) is 5.72. The third kappa shape index (κ3) is 3.89. The molecule has 0 aliphatic heterocycles. The molecule has 0 heterocycles. The van der Waals surface area contributed by atoms with Crippen molar-refractivity contribution in [2.24, 2.45) is 5.10 Å². The molecular formula is C9H8BrClN2O2. The zero-order valence-corrected chi connectivity index (χ0v) is 10.2. The molecule has 0 atom stereocenters. The third-order valence-electron chi connectivity index (χ3n) is 1.48. The Hall–Kier alpha value is -1.07. The maximum atomic E-state index is 10.9. The van der Waals surface area contributed by atoms with Crippen LogP contribution in [0.25, 0.3) is 0 Å². The van der Waals surface area contributed by atoms with Gasteiger partial charge in [-0.15, -0.1) is 0 Å². The van der Waals surface area contributed by atoms with E-state index in [-0.39, 0.29) is 4.62 Å². The lowest BCUT2D eigenvalue weighted by atomic mass is 10.3. The van der Waals surface area contributed by atoms with Gasteiger partial charge in [0.15, 0.2) is 0 Å². The number of anilines is 1. The lowest BCUT2D eigenvalue weighted by molar-refractivity contribution is -0.132. The Morgan fingerprint density at radius 2 is 2.07 bits per heavy atom. The molecule has 4 nitrogen and oxygen atoms in total. The first-order valence-corrected chi connectivity index (χ1v) is 5.13. The van der Waals surface area contributed by atoms with Gasteiger partial charge in [-0.2, -0.15) is 5.10 Å². The topological polar surface area (TPSA) is 50.7 Å². The first-order valence-electron chi connectivity index (χ1n) is 3.96. The number of methoxy groups -OCH3 is 1. The minimum absolute atomic E-state index is 0.0694. The fourth-order valence-electron chi connectivity index (χ4n) is 0.768. The first kappa shape index (κ1) is 12.0. The maximum absolute atomic E-state index is 10.9. The summed E-state index contributed by atoms with van der Waals surface area (Å²) in [5.74, 6) is -0.545. The van der Waals surface area contributed by atoms with Crippen molar-refractivity contribution in [3.63, 3.8) is 0 Å². The fourth-order valence-corrected chi connectivity index (χ4v) is 1.14. The number of carbonyl (C=O) groups excluding carboxylic acids is 1. The summed E-state index contributed by atoms with van der Waals surface area (Å²) in [6, 6.07) is 6.91.